The number of imidazole rings is 1. The molecule has 0 unspecified atom stereocenters. The number of morpholine rings is 1. The minimum Gasteiger partial charge on any atom is -0.378 e. The van der Waals surface area contributed by atoms with Crippen molar-refractivity contribution in [3.05, 3.63) is 36.2 Å². The Hall–Kier alpha value is -4.21. The van der Waals surface area contributed by atoms with Crippen LogP contribution in [0.2, 0.25) is 0 Å². The van der Waals surface area contributed by atoms with Gasteiger partial charge in [-0.05, 0) is 14.1 Å². The maximum atomic E-state index is 11.6. The summed E-state index contributed by atoms with van der Waals surface area (Å²) in [5, 5.41) is 13.3. The van der Waals surface area contributed by atoms with Crippen molar-refractivity contribution < 1.29 is 14.7 Å². The van der Waals surface area contributed by atoms with Crippen molar-refractivity contribution in [2.24, 2.45) is 7.05 Å². The Labute approximate surface area is 225 Å². The molecule has 1 aliphatic heterocycles. The average Bonchev–Trinajstić information content (AvgIpc) is 3.56. The lowest BCUT2D eigenvalue weighted by Gasteiger charge is -2.28. The molecule has 206 valence electrons. The molecule has 5 heterocycles. The fourth-order valence-corrected chi connectivity index (χ4v) is 4.24. The smallest absolute Gasteiger partial charge is 0.277 e. The Balaban J connectivity index is 1.48. The molecule has 1 fully saturated rings. The third-order valence-corrected chi connectivity index (χ3v) is 6.49. The van der Waals surface area contributed by atoms with Crippen molar-refractivity contribution >= 4 is 28.8 Å². The lowest BCUT2D eigenvalue weighted by Crippen LogP contribution is -2.37. The fraction of sp³-hybridized carbons (Fsp3) is 0.458. The molecular weight excluding hydrogens is 504 g/mol. The highest BCUT2D eigenvalue weighted by Crippen LogP contribution is 2.28. The third kappa shape index (κ3) is 5.64. The molecule has 4 aromatic rings. The summed E-state index contributed by atoms with van der Waals surface area (Å²) in [5.41, 5.74) is 3.99. The highest BCUT2D eigenvalue weighted by Gasteiger charge is 2.23. The first-order chi connectivity index (χ1) is 18.8. The highest BCUT2D eigenvalue weighted by atomic mass is 16.5. The Morgan fingerprint density at radius 2 is 1.85 bits per heavy atom. The molecule has 2 N–H and O–H groups in total. The number of aromatic nitrogens is 8. The zero-order valence-corrected chi connectivity index (χ0v) is 22.4. The number of hydrogen-bond donors (Lipinski definition) is 2. The largest absolute Gasteiger partial charge is 0.378 e. The SMILES string of the molecule is CN(C)CCn1cc(-c2nc(N3CCOCC3)c3nc(CN(C)c4ncc(C(=O)NO)cn4)n(C)c3n2)cn1. The van der Waals surface area contributed by atoms with Gasteiger partial charge < -0.3 is 24.0 Å². The number of amides is 1. The molecule has 0 atom stereocenters. The summed E-state index contributed by atoms with van der Waals surface area (Å²) in [5.74, 6) is 1.83. The molecule has 0 bridgehead atoms. The first kappa shape index (κ1) is 26.4. The van der Waals surface area contributed by atoms with Gasteiger partial charge in [-0.25, -0.2) is 30.4 Å². The van der Waals surface area contributed by atoms with Crippen LogP contribution in [0.25, 0.3) is 22.6 Å². The molecule has 0 saturated carbocycles. The molecule has 1 aliphatic rings. The number of fused-ring (bicyclic) bond motifs is 1. The Morgan fingerprint density at radius 3 is 2.54 bits per heavy atom. The second-order valence-electron chi connectivity index (χ2n) is 9.59. The highest BCUT2D eigenvalue weighted by molar-refractivity contribution is 5.92. The van der Waals surface area contributed by atoms with Crippen LogP contribution in [0, 0.1) is 0 Å². The van der Waals surface area contributed by atoms with Crippen LogP contribution >= 0.6 is 0 Å². The summed E-state index contributed by atoms with van der Waals surface area (Å²) in [7, 11) is 7.83. The van der Waals surface area contributed by atoms with Crippen molar-refractivity contribution in [1.82, 2.24) is 49.6 Å². The monoisotopic (exact) mass is 536 g/mol. The summed E-state index contributed by atoms with van der Waals surface area (Å²) in [6.07, 6.45) is 6.47. The van der Waals surface area contributed by atoms with Gasteiger partial charge in [0.2, 0.25) is 5.95 Å². The van der Waals surface area contributed by atoms with Gasteiger partial charge in [0.1, 0.15) is 5.82 Å². The Kier molecular flexibility index (Phi) is 7.63. The van der Waals surface area contributed by atoms with E-state index >= 15 is 0 Å². The minimum absolute atomic E-state index is 0.153. The summed E-state index contributed by atoms with van der Waals surface area (Å²) >= 11 is 0. The van der Waals surface area contributed by atoms with E-state index in [-0.39, 0.29) is 5.56 Å². The van der Waals surface area contributed by atoms with Crippen LogP contribution in [0.4, 0.5) is 11.8 Å². The minimum atomic E-state index is -0.673. The number of ether oxygens (including phenoxy) is 1. The Morgan fingerprint density at radius 1 is 1.10 bits per heavy atom. The van der Waals surface area contributed by atoms with Crippen molar-refractivity contribution in [2.45, 2.75) is 13.1 Å². The van der Waals surface area contributed by atoms with E-state index in [1.54, 1.807) is 11.7 Å². The van der Waals surface area contributed by atoms with E-state index < -0.39 is 5.91 Å². The number of hydrogen-bond acceptors (Lipinski definition) is 12. The molecule has 1 amide bonds. The van der Waals surface area contributed by atoms with Crippen molar-refractivity contribution in [2.75, 3.05) is 63.8 Å². The molecule has 39 heavy (non-hydrogen) atoms. The maximum Gasteiger partial charge on any atom is 0.277 e. The molecule has 0 spiro atoms. The van der Waals surface area contributed by atoms with Gasteiger partial charge in [-0.2, -0.15) is 5.10 Å². The number of carbonyl (C=O) groups is 1. The van der Waals surface area contributed by atoms with E-state index in [4.69, 9.17) is 24.9 Å². The van der Waals surface area contributed by atoms with Gasteiger partial charge in [-0.3, -0.25) is 14.7 Å². The van der Waals surface area contributed by atoms with Gasteiger partial charge in [0.05, 0.1) is 43.6 Å². The Bertz CT molecular complexity index is 1440. The zero-order valence-electron chi connectivity index (χ0n) is 22.4. The van der Waals surface area contributed by atoms with E-state index in [2.05, 4.69) is 24.9 Å². The van der Waals surface area contributed by atoms with Gasteiger partial charge in [0, 0.05) is 52.3 Å². The summed E-state index contributed by atoms with van der Waals surface area (Å²) in [4.78, 5) is 41.0. The summed E-state index contributed by atoms with van der Waals surface area (Å²) < 4.78 is 9.42. The topological polar surface area (TPSA) is 155 Å². The molecule has 15 heteroatoms. The molecule has 1 saturated heterocycles. The number of nitrogens with one attached hydrogen (secondary N) is 1. The van der Waals surface area contributed by atoms with Crippen LogP contribution in [-0.2, 0) is 24.9 Å². The zero-order chi connectivity index (χ0) is 27.5. The molecule has 0 radical (unpaired) electrons. The fourth-order valence-electron chi connectivity index (χ4n) is 4.24. The second kappa shape index (κ2) is 11.3. The first-order valence-corrected chi connectivity index (χ1v) is 12.5. The number of anilines is 2. The average molecular weight is 537 g/mol. The van der Waals surface area contributed by atoms with E-state index in [1.807, 2.05) is 48.5 Å². The molecule has 0 aliphatic carbocycles. The van der Waals surface area contributed by atoms with E-state index in [0.717, 1.165) is 30.3 Å². The first-order valence-electron chi connectivity index (χ1n) is 12.5. The van der Waals surface area contributed by atoms with Crippen LogP contribution in [0.3, 0.4) is 0 Å². The predicted octanol–water partition coefficient (Wildman–Crippen LogP) is 0.170. The summed E-state index contributed by atoms with van der Waals surface area (Å²) in [6.45, 7) is 4.68. The standard InChI is InChI=1S/C24H32N12O3/c1-32(2)5-6-36-14-17(13-27-36)20-29-21-19(22(30-20)35-7-9-39-10-8-35)28-18(34(21)4)15-33(3)24-25-11-16(12-26-24)23(37)31-38/h11-14,38H,5-10,15H2,1-4H3,(H,31,37). The van der Waals surface area contributed by atoms with Crippen molar-refractivity contribution in [3.8, 4) is 11.4 Å². The quantitative estimate of drug-likeness (QED) is 0.221. The lowest BCUT2D eigenvalue weighted by atomic mass is 10.3. The molecular formula is C24H32N12O3. The van der Waals surface area contributed by atoms with Gasteiger partial charge in [0.25, 0.3) is 5.91 Å². The van der Waals surface area contributed by atoms with Crippen molar-refractivity contribution in [3.63, 3.8) is 0 Å². The number of rotatable bonds is 9. The number of carbonyl (C=O) groups excluding carboxylic acids is 1. The number of hydroxylamine groups is 1. The number of aryl methyl sites for hydroxylation is 1. The van der Waals surface area contributed by atoms with E-state index in [1.165, 1.54) is 12.4 Å². The van der Waals surface area contributed by atoms with Crippen LogP contribution < -0.4 is 15.3 Å². The van der Waals surface area contributed by atoms with Gasteiger partial charge in [0.15, 0.2) is 22.8 Å². The van der Waals surface area contributed by atoms with Crippen LogP contribution in [0.1, 0.15) is 16.2 Å². The summed E-state index contributed by atoms with van der Waals surface area (Å²) in [6, 6.07) is 0. The van der Waals surface area contributed by atoms with E-state index in [9.17, 15) is 4.79 Å². The van der Waals surface area contributed by atoms with Crippen LogP contribution in [0.5, 0.6) is 0 Å². The number of nitrogens with zero attached hydrogens (tertiary/aromatic N) is 11. The molecule has 15 nitrogen and oxygen atoms in total. The van der Waals surface area contributed by atoms with Crippen LogP contribution in [-0.4, -0.2) is 109 Å². The van der Waals surface area contributed by atoms with Crippen LogP contribution in [0.15, 0.2) is 24.8 Å². The van der Waals surface area contributed by atoms with Gasteiger partial charge in [-0.15, -0.1) is 0 Å². The van der Waals surface area contributed by atoms with Gasteiger partial charge >= 0.3 is 0 Å². The number of likely N-dealkylation sites (N-methyl/N-ethyl adjacent to an activating group) is 1. The molecule has 4 aromatic heterocycles. The second-order valence-corrected chi connectivity index (χ2v) is 9.59. The molecule has 0 aromatic carbocycles. The lowest BCUT2D eigenvalue weighted by molar-refractivity contribution is 0.0705. The predicted molar refractivity (Wildman–Crippen MR) is 143 cm³/mol. The van der Waals surface area contributed by atoms with Gasteiger partial charge in [-0.1, -0.05) is 0 Å². The third-order valence-electron chi connectivity index (χ3n) is 6.49. The normalized spacial score (nSPS) is 13.8. The van der Waals surface area contributed by atoms with Crippen molar-refractivity contribution in [1.29, 1.82) is 0 Å². The van der Waals surface area contributed by atoms with E-state index in [0.29, 0.717) is 55.8 Å². The maximum absolute atomic E-state index is 11.6. The molecule has 5 rings (SSSR count).